The number of hydrogen-bond donors (Lipinski definition) is 1. The molecule has 0 aromatic carbocycles. The van der Waals surface area contributed by atoms with Gasteiger partial charge in [-0.3, -0.25) is 9.59 Å². The number of hydrogen-bond acceptors (Lipinski definition) is 2. The van der Waals surface area contributed by atoms with Gasteiger partial charge in [0.15, 0.2) is 0 Å². The zero-order valence-electron chi connectivity index (χ0n) is 12.5. The van der Waals surface area contributed by atoms with Gasteiger partial charge >= 0.3 is 5.97 Å². The zero-order valence-corrected chi connectivity index (χ0v) is 12.5. The molecule has 0 aromatic heterocycles. The van der Waals surface area contributed by atoms with Gasteiger partial charge < -0.3 is 10.0 Å². The third kappa shape index (κ3) is 2.27. The maximum atomic E-state index is 13.1. The number of carboxylic acids is 1. The van der Waals surface area contributed by atoms with Crippen LogP contribution in [-0.2, 0) is 9.59 Å². The van der Waals surface area contributed by atoms with Gasteiger partial charge in [-0.1, -0.05) is 0 Å². The Morgan fingerprint density at radius 1 is 1.00 bits per heavy atom. The molecule has 0 spiro atoms. The number of carboxylic acid groups (broad SMARTS) is 1. The summed E-state index contributed by atoms with van der Waals surface area (Å²) in [6.07, 6.45) is 8.37. The van der Waals surface area contributed by atoms with E-state index in [0.717, 1.165) is 31.2 Å². The maximum Gasteiger partial charge on any atom is 0.305 e. The maximum absolute atomic E-state index is 13.1. The second kappa shape index (κ2) is 4.99. The van der Waals surface area contributed by atoms with Crippen LogP contribution in [0.4, 0.5) is 0 Å². The highest BCUT2D eigenvalue weighted by molar-refractivity contribution is 5.81. The fourth-order valence-electron chi connectivity index (χ4n) is 6.06. The van der Waals surface area contributed by atoms with Gasteiger partial charge in [0.1, 0.15) is 0 Å². The van der Waals surface area contributed by atoms with E-state index in [1.165, 1.54) is 32.1 Å². The Morgan fingerprint density at radius 2 is 1.62 bits per heavy atom. The van der Waals surface area contributed by atoms with Crippen molar-refractivity contribution >= 4 is 11.9 Å². The van der Waals surface area contributed by atoms with Gasteiger partial charge in [-0.25, -0.2) is 0 Å². The van der Waals surface area contributed by atoms with Crippen LogP contribution in [0.1, 0.15) is 51.4 Å². The molecule has 1 heterocycles. The Labute approximate surface area is 125 Å². The molecule has 1 aliphatic heterocycles. The molecule has 4 saturated carbocycles. The molecule has 4 bridgehead atoms. The Kier molecular flexibility index (Phi) is 3.23. The van der Waals surface area contributed by atoms with Crippen LogP contribution < -0.4 is 0 Å². The second-order valence-electron chi connectivity index (χ2n) is 7.88. The van der Waals surface area contributed by atoms with Crippen LogP contribution in [0.2, 0.25) is 0 Å². The molecule has 4 heteroatoms. The van der Waals surface area contributed by atoms with E-state index in [1.807, 2.05) is 4.90 Å². The monoisotopic (exact) mass is 291 g/mol. The lowest BCUT2D eigenvalue weighted by Crippen LogP contribution is -2.52. The van der Waals surface area contributed by atoms with Gasteiger partial charge in [0.25, 0.3) is 0 Å². The highest BCUT2D eigenvalue weighted by atomic mass is 16.4. The number of aliphatic carboxylic acids is 1. The first-order chi connectivity index (χ1) is 10.1. The van der Waals surface area contributed by atoms with Gasteiger partial charge in [-0.15, -0.1) is 0 Å². The molecule has 21 heavy (non-hydrogen) atoms. The second-order valence-corrected chi connectivity index (χ2v) is 7.88. The summed E-state index contributed by atoms with van der Waals surface area (Å²) in [7, 11) is 0. The molecule has 5 fully saturated rings. The quantitative estimate of drug-likeness (QED) is 0.869. The third-order valence-corrected chi connectivity index (χ3v) is 6.58. The first-order valence-corrected chi connectivity index (χ1v) is 8.64. The molecular formula is C17H25NO3. The van der Waals surface area contributed by atoms with Crippen molar-refractivity contribution in [2.24, 2.45) is 29.6 Å². The van der Waals surface area contributed by atoms with Crippen LogP contribution in [0, 0.1) is 29.6 Å². The zero-order chi connectivity index (χ0) is 14.6. The number of carbonyl (C=O) groups is 2. The van der Waals surface area contributed by atoms with Gasteiger partial charge in [-0.2, -0.15) is 0 Å². The molecule has 1 unspecified atom stereocenters. The van der Waals surface area contributed by atoms with Crippen LogP contribution >= 0.6 is 0 Å². The molecule has 1 amide bonds. The van der Waals surface area contributed by atoms with E-state index in [1.54, 1.807) is 0 Å². The van der Waals surface area contributed by atoms with E-state index < -0.39 is 5.97 Å². The summed E-state index contributed by atoms with van der Waals surface area (Å²) >= 11 is 0. The smallest absolute Gasteiger partial charge is 0.305 e. The van der Waals surface area contributed by atoms with Crippen LogP contribution in [-0.4, -0.2) is 34.5 Å². The molecule has 5 rings (SSSR count). The fourth-order valence-corrected chi connectivity index (χ4v) is 6.06. The summed E-state index contributed by atoms with van der Waals surface area (Å²) in [5, 5.41) is 9.05. The Morgan fingerprint density at radius 3 is 2.19 bits per heavy atom. The van der Waals surface area contributed by atoms with Crippen LogP contribution in [0.15, 0.2) is 0 Å². The Bertz CT molecular complexity index is 433. The predicted octanol–water partition coefficient (Wildman–Crippen LogP) is 2.52. The third-order valence-electron chi connectivity index (χ3n) is 6.58. The highest BCUT2D eigenvalue weighted by Crippen LogP contribution is 2.57. The average Bonchev–Trinajstić information content (AvgIpc) is 2.84. The molecule has 0 aromatic rings. The molecule has 116 valence electrons. The number of carbonyl (C=O) groups excluding carboxylic acids is 1. The van der Waals surface area contributed by atoms with Crippen molar-refractivity contribution in [1.29, 1.82) is 0 Å². The van der Waals surface area contributed by atoms with Crippen molar-refractivity contribution < 1.29 is 14.7 Å². The van der Waals surface area contributed by atoms with Crippen molar-refractivity contribution in [1.82, 2.24) is 4.90 Å². The summed E-state index contributed by atoms with van der Waals surface area (Å²) in [5.41, 5.74) is 0. The first-order valence-electron chi connectivity index (χ1n) is 8.64. The van der Waals surface area contributed by atoms with Gasteiger partial charge in [0.2, 0.25) is 5.91 Å². The lowest BCUT2D eigenvalue weighted by Gasteiger charge is -2.54. The first kappa shape index (κ1) is 13.6. The van der Waals surface area contributed by atoms with E-state index in [4.69, 9.17) is 5.11 Å². The molecule has 1 N–H and O–H groups in total. The molecule has 4 aliphatic carbocycles. The normalized spacial score (nSPS) is 44.3. The molecule has 5 aliphatic rings. The van der Waals surface area contributed by atoms with Crippen LogP contribution in [0.5, 0.6) is 0 Å². The van der Waals surface area contributed by atoms with E-state index in [9.17, 15) is 9.59 Å². The SMILES string of the molecule is O=C(O)CC1CCCN1C(=O)C1C2CC3CC(C2)CC1C3. The van der Waals surface area contributed by atoms with E-state index >= 15 is 0 Å². The Balaban J connectivity index is 1.50. The molecule has 0 radical (unpaired) electrons. The fraction of sp³-hybridized carbons (Fsp3) is 0.882. The van der Waals surface area contributed by atoms with Crippen molar-refractivity contribution in [3.8, 4) is 0 Å². The predicted molar refractivity (Wildman–Crippen MR) is 77.5 cm³/mol. The molecular weight excluding hydrogens is 266 g/mol. The van der Waals surface area contributed by atoms with Gasteiger partial charge in [0, 0.05) is 18.5 Å². The number of nitrogens with zero attached hydrogens (tertiary/aromatic N) is 1. The van der Waals surface area contributed by atoms with Gasteiger partial charge in [0.05, 0.1) is 6.42 Å². The average molecular weight is 291 g/mol. The standard InChI is InChI=1S/C17H25NO3/c19-15(20)9-14-2-1-3-18(14)17(21)16-12-5-10-4-11(7-12)8-13(16)6-10/h10-14,16H,1-9H2,(H,19,20). The minimum atomic E-state index is -0.773. The van der Waals surface area contributed by atoms with Crippen molar-refractivity contribution in [3.63, 3.8) is 0 Å². The molecule has 4 nitrogen and oxygen atoms in total. The van der Waals surface area contributed by atoms with Crippen LogP contribution in [0.25, 0.3) is 0 Å². The topological polar surface area (TPSA) is 57.6 Å². The summed E-state index contributed by atoms with van der Waals surface area (Å²) in [4.78, 5) is 26.0. The number of amides is 1. The lowest BCUT2D eigenvalue weighted by molar-refractivity contribution is -0.151. The molecule has 1 saturated heterocycles. The van der Waals surface area contributed by atoms with Crippen molar-refractivity contribution in [2.45, 2.75) is 57.4 Å². The van der Waals surface area contributed by atoms with E-state index in [-0.39, 0.29) is 18.4 Å². The summed E-state index contributed by atoms with van der Waals surface area (Å²) < 4.78 is 0. The molecule has 1 atom stereocenters. The minimum absolute atomic E-state index is 0.0489. The van der Waals surface area contributed by atoms with Crippen molar-refractivity contribution in [3.05, 3.63) is 0 Å². The summed E-state index contributed by atoms with van der Waals surface area (Å²) in [5.74, 6) is 2.69. The largest absolute Gasteiger partial charge is 0.481 e. The van der Waals surface area contributed by atoms with Crippen molar-refractivity contribution in [2.75, 3.05) is 6.54 Å². The number of likely N-dealkylation sites (tertiary alicyclic amines) is 1. The van der Waals surface area contributed by atoms with Crippen LogP contribution in [0.3, 0.4) is 0 Å². The summed E-state index contributed by atoms with van der Waals surface area (Å²) in [6, 6.07) is -0.0489. The lowest BCUT2D eigenvalue weighted by atomic mass is 9.51. The Hall–Kier alpha value is -1.06. The number of rotatable bonds is 3. The van der Waals surface area contributed by atoms with E-state index in [2.05, 4.69) is 0 Å². The minimum Gasteiger partial charge on any atom is -0.481 e. The van der Waals surface area contributed by atoms with E-state index in [0.29, 0.717) is 17.7 Å². The highest BCUT2D eigenvalue weighted by Gasteiger charge is 2.52. The summed E-state index contributed by atoms with van der Waals surface area (Å²) in [6.45, 7) is 0.777. The van der Waals surface area contributed by atoms with Gasteiger partial charge in [-0.05, 0) is 68.6 Å².